The third-order valence-corrected chi connectivity index (χ3v) is 3.40. The summed E-state index contributed by atoms with van der Waals surface area (Å²) in [7, 11) is 0. The van der Waals surface area contributed by atoms with Gasteiger partial charge in [0.1, 0.15) is 0 Å². The van der Waals surface area contributed by atoms with Gasteiger partial charge < -0.3 is 15.7 Å². The maximum absolute atomic E-state index is 11.1. The Labute approximate surface area is 116 Å². The molecule has 1 atom stereocenters. The molecule has 4 nitrogen and oxygen atoms in total. The van der Waals surface area contributed by atoms with Gasteiger partial charge in [0.25, 0.3) is 0 Å². The van der Waals surface area contributed by atoms with Crippen molar-refractivity contribution in [1.29, 1.82) is 0 Å². The number of nitrogens with two attached hydrogens (primary N) is 1. The maximum Gasteiger partial charge on any atom is 0.236 e. The molecule has 5 heteroatoms. The summed E-state index contributed by atoms with van der Waals surface area (Å²) >= 11 is 3.43. The lowest BCUT2D eigenvalue weighted by atomic mass is 10.1. The molecule has 0 saturated carbocycles. The van der Waals surface area contributed by atoms with Gasteiger partial charge in [-0.05, 0) is 38.5 Å². The van der Waals surface area contributed by atoms with Crippen molar-refractivity contribution in [3.05, 3.63) is 28.2 Å². The van der Waals surface area contributed by atoms with Crippen LogP contribution in [0.15, 0.2) is 22.7 Å². The number of nitrogens with zero attached hydrogens (tertiary/aromatic N) is 1. The van der Waals surface area contributed by atoms with Gasteiger partial charge in [-0.2, -0.15) is 0 Å². The Morgan fingerprint density at radius 2 is 2.06 bits per heavy atom. The molecule has 0 fully saturated rings. The number of carbonyl (C=O) groups excluding carboxylic acids is 1. The summed E-state index contributed by atoms with van der Waals surface area (Å²) in [6, 6.07) is 5.79. The van der Waals surface area contributed by atoms with E-state index >= 15 is 0 Å². The molecule has 0 saturated heterocycles. The number of rotatable bonds is 5. The molecule has 0 aliphatic rings. The number of hydrogen-bond donors (Lipinski definition) is 2. The highest BCUT2D eigenvalue weighted by atomic mass is 79.9. The van der Waals surface area contributed by atoms with Gasteiger partial charge in [-0.1, -0.05) is 22.0 Å². The largest absolute Gasteiger partial charge is 0.389 e. The fourth-order valence-electron chi connectivity index (χ4n) is 1.77. The second-order valence-electron chi connectivity index (χ2n) is 4.57. The molecule has 0 bridgehead atoms. The average molecular weight is 315 g/mol. The van der Waals surface area contributed by atoms with Gasteiger partial charge in [-0.3, -0.25) is 4.79 Å². The van der Waals surface area contributed by atoms with Crippen LogP contribution in [0.3, 0.4) is 0 Å². The van der Waals surface area contributed by atoms with Crippen molar-refractivity contribution >= 4 is 27.5 Å². The predicted molar refractivity (Wildman–Crippen MR) is 76.5 cm³/mol. The minimum Gasteiger partial charge on any atom is -0.389 e. The number of benzene rings is 1. The summed E-state index contributed by atoms with van der Waals surface area (Å²) in [5, 5.41) is 9.57. The predicted octanol–water partition coefficient (Wildman–Crippen LogP) is 2.20. The van der Waals surface area contributed by atoms with Crippen LogP contribution in [-0.2, 0) is 4.79 Å². The van der Waals surface area contributed by atoms with Crippen LogP contribution in [0.5, 0.6) is 0 Å². The van der Waals surface area contributed by atoms with E-state index < -0.39 is 6.10 Å². The molecule has 1 amide bonds. The molecule has 0 spiro atoms. The summed E-state index contributed by atoms with van der Waals surface area (Å²) in [6.45, 7) is 5.89. The van der Waals surface area contributed by atoms with E-state index in [1.54, 1.807) is 6.92 Å². The molecule has 100 valence electrons. The van der Waals surface area contributed by atoms with Crippen LogP contribution in [0, 0.1) is 0 Å². The Hall–Kier alpha value is -1.07. The van der Waals surface area contributed by atoms with Gasteiger partial charge in [0, 0.05) is 16.2 Å². The van der Waals surface area contributed by atoms with Crippen molar-refractivity contribution in [3.8, 4) is 0 Å². The van der Waals surface area contributed by atoms with E-state index in [0.29, 0.717) is 0 Å². The van der Waals surface area contributed by atoms with Gasteiger partial charge >= 0.3 is 0 Å². The van der Waals surface area contributed by atoms with Crippen molar-refractivity contribution in [3.63, 3.8) is 0 Å². The smallest absolute Gasteiger partial charge is 0.236 e. The van der Waals surface area contributed by atoms with E-state index in [0.717, 1.165) is 15.7 Å². The van der Waals surface area contributed by atoms with Crippen molar-refractivity contribution in [2.24, 2.45) is 5.73 Å². The van der Waals surface area contributed by atoms with E-state index in [4.69, 9.17) is 5.73 Å². The molecule has 0 aliphatic carbocycles. The molecule has 0 aromatic heterocycles. The van der Waals surface area contributed by atoms with Gasteiger partial charge in [0.2, 0.25) is 5.91 Å². The standard InChI is InChI=1S/C13H19BrN2O2/c1-8(2)16(7-13(15)18)10-4-5-11(9(3)17)12(14)6-10/h4-6,8-9,17H,7H2,1-3H3,(H2,15,18). The summed E-state index contributed by atoms with van der Waals surface area (Å²) in [6.07, 6.45) is -0.530. The molecule has 0 radical (unpaired) electrons. The van der Waals surface area contributed by atoms with E-state index in [1.165, 1.54) is 0 Å². The zero-order chi connectivity index (χ0) is 13.9. The first-order valence-corrected chi connectivity index (χ1v) is 6.64. The first-order chi connectivity index (χ1) is 8.32. The van der Waals surface area contributed by atoms with Crippen LogP contribution in [0.2, 0.25) is 0 Å². The number of aliphatic hydroxyl groups excluding tert-OH is 1. The van der Waals surface area contributed by atoms with Gasteiger partial charge in [-0.15, -0.1) is 0 Å². The minimum atomic E-state index is -0.530. The molecular formula is C13H19BrN2O2. The zero-order valence-electron chi connectivity index (χ0n) is 10.9. The molecule has 3 N–H and O–H groups in total. The quantitative estimate of drug-likeness (QED) is 0.875. The Bertz CT molecular complexity index is 433. The van der Waals surface area contributed by atoms with E-state index in [2.05, 4.69) is 15.9 Å². The lowest BCUT2D eigenvalue weighted by Gasteiger charge is -2.28. The fraction of sp³-hybridized carbons (Fsp3) is 0.462. The number of amides is 1. The Kier molecular flexibility index (Phi) is 5.16. The first kappa shape index (κ1) is 15.0. The first-order valence-electron chi connectivity index (χ1n) is 5.85. The van der Waals surface area contributed by atoms with Crippen molar-refractivity contribution in [2.75, 3.05) is 11.4 Å². The second-order valence-corrected chi connectivity index (χ2v) is 5.42. The van der Waals surface area contributed by atoms with Crippen LogP contribution in [-0.4, -0.2) is 23.6 Å². The van der Waals surface area contributed by atoms with Crippen LogP contribution in [0.4, 0.5) is 5.69 Å². The molecule has 0 heterocycles. The second kappa shape index (κ2) is 6.20. The summed E-state index contributed by atoms with van der Waals surface area (Å²) in [5.41, 5.74) is 6.98. The van der Waals surface area contributed by atoms with Crippen molar-refractivity contribution in [2.45, 2.75) is 32.9 Å². The minimum absolute atomic E-state index is 0.168. The number of halogens is 1. The Balaban J connectivity index is 3.07. The molecular weight excluding hydrogens is 296 g/mol. The van der Waals surface area contributed by atoms with Gasteiger partial charge in [0.15, 0.2) is 0 Å². The third kappa shape index (κ3) is 3.71. The molecule has 0 aliphatic heterocycles. The van der Waals surface area contributed by atoms with Crippen LogP contribution in [0.25, 0.3) is 0 Å². The van der Waals surface area contributed by atoms with E-state index in [-0.39, 0.29) is 18.5 Å². The van der Waals surface area contributed by atoms with Crippen molar-refractivity contribution in [1.82, 2.24) is 0 Å². The summed E-state index contributed by atoms with van der Waals surface area (Å²) in [4.78, 5) is 13.0. The lowest BCUT2D eigenvalue weighted by Crippen LogP contribution is -2.38. The average Bonchev–Trinajstić information content (AvgIpc) is 2.24. The van der Waals surface area contributed by atoms with Gasteiger partial charge in [0.05, 0.1) is 12.6 Å². The van der Waals surface area contributed by atoms with Gasteiger partial charge in [-0.25, -0.2) is 0 Å². The molecule has 18 heavy (non-hydrogen) atoms. The number of anilines is 1. The monoisotopic (exact) mass is 314 g/mol. The molecule has 1 rings (SSSR count). The number of carbonyl (C=O) groups is 1. The van der Waals surface area contributed by atoms with Crippen LogP contribution >= 0.6 is 15.9 Å². The topological polar surface area (TPSA) is 66.6 Å². The van der Waals surface area contributed by atoms with Crippen molar-refractivity contribution < 1.29 is 9.90 Å². The fourth-order valence-corrected chi connectivity index (χ4v) is 2.47. The Morgan fingerprint density at radius 1 is 1.44 bits per heavy atom. The molecule has 1 aromatic rings. The number of aliphatic hydroxyl groups is 1. The highest BCUT2D eigenvalue weighted by Gasteiger charge is 2.15. The molecule has 1 aromatic carbocycles. The van der Waals surface area contributed by atoms with Crippen LogP contribution in [0.1, 0.15) is 32.4 Å². The van der Waals surface area contributed by atoms with Crippen LogP contribution < -0.4 is 10.6 Å². The Morgan fingerprint density at radius 3 is 2.44 bits per heavy atom. The summed E-state index contributed by atoms with van der Waals surface area (Å²) in [5.74, 6) is -0.362. The normalized spacial score (nSPS) is 12.6. The highest BCUT2D eigenvalue weighted by Crippen LogP contribution is 2.28. The summed E-state index contributed by atoms with van der Waals surface area (Å²) < 4.78 is 0.824. The number of hydrogen-bond acceptors (Lipinski definition) is 3. The zero-order valence-corrected chi connectivity index (χ0v) is 12.4. The lowest BCUT2D eigenvalue weighted by molar-refractivity contribution is -0.116. The highest BCUT2D eigenvalue weighted by molar-refractivity contribution is 9.10. The third-order valence-electron chi connectivity index (χ3n) is 2.72. The molecule has 1 unspecified atom stereocenters. The van der Waals surface area contributed by atoms with E-state index in [9.17, 15) is 9.90 Å². The SMILES string of the molecule is CC(O)c1ccc(N(CC(N)=O)C(C)C)cc1Br. The number of primary amides is 1. The maximum atomic E-state index is 11.1. The van der Waals surface area contributed by atoms with E-state index in [1.807, 2.05) is 36.9 Å².